The molecular weight excluding hydrogens is 396 g/mol. The first-order chi connectivity index (χ1) is 10.0. The van der Waals surface area contributed by atoms with Gasteiger partial charge in [0.25, 0.3) is 0 Å². The maximum absolute atomic E-state index is 12.6. The van der Waals surface area contributed by atoms with Gasteiger partial charge in [-0.2, -0.15) is 0 Å². The zero-order chi connectivity index (χ0) is 15.4. The predicted octanol–water partition coefficient (Wildman–Crippen LogP) is 5.54. The van der Waals surface area contributed by atoms with E-state index in [1.807, 2.05) is 37.3 Å². The summed E-state index contributed by atoms with van der Waals surface area (Å²) in [4.78, 5) is 12.6. The molecule has 0 fully saturated rings. The number of carbonyl (C=O) groups excluding carboxylic acids is 1. The Morgan fingerprint density at radius 2 is 1.90 bits per heavy atom. The fraction of sp³-hybridized carbons (Fsp3) is 0.235. The SMILES string of the molecule is CCCOc1ccc(C(=O)c2ccc(Br)cc2C)cc1Br. The highest BCUT2D eigenvalue weighted by atomic mass is 79.9. The van der Waals surface area contributed by atoms with Crippen molar-refractivity contribution in [3.05, 3.63) is 62.0 Å². The van der Waals surface area contributed by atoms with E-state index in [0.717, 1.165) is 26.7 Å². The van der Waals surface area contributed by atoms with Gasteiger partial charge in [-0.1, -0.05) is 22.9 Å². The smallest absolute Gasteiger partial charge is 0.193 e. The number of halogens is 2. The monoisotopic (exact) mass is 410 g/mol. The minimum absolute atomic E-state index is 0.0164. The molecule has 0 aliphatic heterocycles. The molecule has 0 N–H and O–H groups in total. The first kappa shape index (κ1) is 16.2. The molecule has 2 rings (SSSR count). The Morgan fingerprint density at radius 1 is 1.14 bits per heavy atom. The summed E-state index contributed by atoms with van der Waals surface area (Å²) in [5.41, 5.74) is 2.32. The zero-order valence-electron chi connectivity index (χ0n) is 12.0. The van der Waals surface area contributed by atoms with Crippen LogP contribution in [0.15, 0.2) is 45.3 Å². The number of hydrogen-bond acceptors (Lipinski definition) is 2. The molecule has 0 aliphatic rings. The molecule has 4 heteroatoms. The molecule has 0 saturated carbocycles. The standard InChI is InChI=1S/C17H16Br2O2/c1-3-8-21-16-7-4-12(10-15(16)19)17(20)14-6-5-13(18)9-11(14)2/h4-7,9-10H,3,8H2,1-2H3. The summed E-state index contributed by atoms with van der Waals surface area (Å²) in [6, 6.07) is 11.1. The van der Waals surface area contributed by atoms with Gasteiger partial charge in [0, 0.05) is 15.6 Å². The van der Waals surface area contributed by atoms with Gasteiger partial charge in [0.2, 0.25) is 0 Å². The molecule has 0 saturated heterocycles. The maximum Gasteiger partial charge on any atom is 0.193 e. The van der Waals surface area contributed by atoms with Crippen LogP contribution < -0.4 is 4.74 Å². The fourth-order valence-corrected chi connectivity index (χ4v) is 2.98. The van der Waals surface area contributed by atoms with Crippen molar-refractivity contribution in [1.82, 2.24) is 0 Å². The number of rotatable bonds is 5. The third kappa shape index (κ3) is 3.95. The molecule has 0 aliphatic carbocycles. The van der Waals surface area contributed by atoms with Crippen LogP contribution in [-0.4, -0.2) is 12.4 Å². The predicted molar refractivity (Wildman–Crippen MR) is 92.2 cm³/mol. The normalized spacial score (nSPS) is 10.5. The molecule has 2 aromatic carbocycles. The second kappa shape index (κ2) is 7.23. The van der Waals surface area contributed by atoms with E-state index in [1.165, 1.54) is 0 Å². The van der Waals surface area contributed by atoms with Gasteiger partial charge in [-0.25, -0.2) is 0 Å². The Labute approximate surface area is 141 Å². The molecule has 0 heterocycles. The lowest BCUT2D eigenvalue weighted by Crippen LogP contribution is -2.04. The van der Waals surface area contributed by atoms with Crippen molar-refractivity contribution in [2.45, 2.75) is 20.3 Å². The molecule has 2 aromatic rings. The van der Waals surface area contributed by atoms with Crippen LogP contribution in [0.3, 0.4) is 0 Å². The van der Waals surface area contributed by atoms with E-state index in [0.29, 0.717) is 17.7 Å². The molecule has 0 amide bonds. The zero-order valence-corrected chi connectivity index (χ0v) is 15.1. The van der Waals surface area contributed by atoms with Crippen LogP contribution in [0.5, 0.6) is 5.75 Å². The second-order valence-electron chi connectivity index (χ2n) is 4.78. The molecule has 0 spiro atoms. The summed E-state index contributed by atoms with van der Waals surface area (Å²) in [5, 5.41) is 0. The quantitative estimate of drug-likeness (QED) is 0.603. The van der Waals surface area contributed by atoms with Crippen molar-refractivity contribution in [1.29, 1.82) is 0 Å². The molecule has 0 radical (unpaired) electrons. The Kier molecular flexibility index (Phi) is 5.59. The van der Waals surface area contributed by atoms with Gasteiger partial charge < -0.3 is 4.74 Å². The highest BCUT2D eigenvalue weighted by Crippen LogP contribution is 2.28. The van der Waals surface area contributed by atoms with Crippen molar-refractivity contribution >= 4 is 37.6 Å². The number of carbonyl (C=O) groups is 1. The van der Waals surface area contributed by atoms with Crippen LogP contribution in [0.1, 0.15) is 34.8 Å². The third-order valence-electron chi connectivity index (χ3n) is 3.09. The van der Waals surface area contributed by atoms with Gasteiger partial charge >= 0.3 is 0 Å². The van der Waals surface area contributed by atoms with Crippen LogP contribution in [-0.2, 0) is 0 Å². The number of ether oxygens (including phenoxy) is 1. The average molecular weight is 412 g/mol. The van der Waals surface area contributed by atoms with Crippen LogP contribution in [0.25, 0.3) is 0 Å². The molecule has 0 atom stereocenters. The molecule has 2 nitrogen and oxygen atoms in total. The first-order valence-electron chi connectivity index (χ1n) is 6.76. The van der Waals surface area contributed by atoms with Gasteiger partial charge in [0.1, 0.15) is 5.75 Å². The molecule has 110 valence electrons. The minimum atomic E-state index is 0.0164. The summed E-state index contributed by atoms with van der Waals surface area (Å²) in [6.07, 6.45) is 0.950. The highest BCUT2D eigenvalue weighted by molar-refractivity contribution is 9.10. The fourth-order valence-electron chi connectivity index (χ4n) is 2.01. The van der Waals surface area contributed by atoms with E-state index >= 15 is 0 Å². The van der Waals surface area contributed by atoms with Crippen LogP contribution in [0.4, 0.5) is 0 Å². The van der Waals surface area contributed by atoms with Crippen molar-refractivity contribution < 1.29 is 9.53 Å². The van der Waals surface area contributed by atoms with E-state index in [9.17, 15) is 4.79 Å². The number of aryl methyl sites for hydroxylation is 1. The van der Waals surface area contributed by atoms with E-state index in [2.05, 4.69) is 38.8 Å². The van der Waals surface area contributed by atoms with Crippen LogP contribution >= 0.6 is 31.9 Å². The van der Waals surface area contributed by atoms with E-state index < -0.39 is 0 Å². The van der Waals surface area contributed by atoms with E-state index in [1.54, 1.807) is 6.07 Å². The summed E-state index contributed by atoms with van der Waals surface area (Å²) in [7, 11) is 0. The van der Waals surface area contributed by atoms with Gasteiger partial charge in [-0.3, -0.25) is 4.79 Å². The first-order valence-corrected chi connectivity index (χ1v) is 8.34. The third-order valence-corrected chi connectivity index (χ3v) is 4.20. The lowest BCUT2D eigenvalue weighted by molar-refractivity contribution is 0.103. The van der Waals surface area contributed by atoms with Crippen molar-refractivity contribution in [2.24, 2.45) is 0 Å². The highest BCUT2D eigenvalue weighted by Gasteiger charge is 2.13. The van der Waals surface area contributed by atoms with Crippen molar-refractivity contribution in [3.8, 4) is 5.75 Å². The maximum atomic E-state index is 12.6. The Bertz CT molecular complexity index is 666. The number of hydrogen-bond donors (Lipinski definition) is 0. The molecule has 21 heavy (non-hydrogen) atoms. The Balaban J connectivity index is 2.29. The number of ketones is 1. The summed E-state index contributed by atoms with van der Waals surface area (Å²) < 4.78 is 7.38. The summed E-state index contributed by atoms with van der Waals surface area (Å²) in [6.45, 7) is 4.66. The molecule has 0 bridgehead atoms. The van der Waals surface area contributed by atoms with Crippen molar-refractivity contribution in [3.63, 3.8) is 0 Å². The molecule has 0 aromatic heterocycles. The second-order valence-corrected chi connectivity index (χ2v) is 6.55. The Morgan fingerprint density at radius 3 is 2.52 bits per heavy atom. The van der Waals surface area contributed by atoms with E-state index in [-0.39, 0.29) is 5.78 Å². The van der Waals surface area contributed by atoms with Crippen LogP contribution in [0, 0.1) is 6.92 Å². The van der Waals surface area contributed by atoms with Crippen molar-refractivity contribution in [2.75, 3.05) is 6.61 Å². The van der Waals surface area contributed by atoms with Gasteiger partial charge in [0.05, 0.1) is 11.1 Å². The minimum Gasteiger partial charge on any atom is -0.492 e. The van der Waals surface area contributed by atoms with Gasteiger partial charge in [-0.05, 0) is 71.2 Å². The van der Waals surface area contributed by atoms with Crippen LogP contribution in [0.2, 0.25) is 0 Å². The van der Waals surface area contributed by atoms with E-state index in [4.69, 9.17) is 4.74 Å². The van der Waals surface area contributed by atoms with Gasteiger partial charge in [0.15, 0.2) is 5.78 Å². The molecular formula is C17H16Br2O2. The lowest BCUT2D eigenvalue weighted by Gasteiger charge is -2.10. The lowest BCUT2D eigenvalue weighted by atomic mass is 9.99. The summed E-state index contributed by atoms with van der Waals surface area (Å²) in [5.74, 6) is 0.781. The Hall–Kier alpha value is -1.13. The van der Waals surface area contributed by atoms with Gasteiger partial charge in [-0.15, -0.1) is 0 Å². The topological polar surface area (TPSA) is 26.3 Å². The largest absolute Gasteiger partial charge is 0.492 e. The molecule has 0 unspecified atom stereocenters. The number of benzene rings is 2. The average Bonchev–Trinajstić information content (AvgIpc) is 2.45. The summed E-state index contributed by atoms with van der Waals surface area (Å²) >= 11 is 6.88.